The molecule has 0 heterocycles. The molecule has 0 saturated heterocycles. The first-order valence-corrected chi connectivity index (χ1v) is 11.8. The second-order valence-electron chi connectivity index (χ2n) is 6.43. The van der Waals surface area contributed by atoms with Crippen molar-refractivity contribution in [3.8, 4) is 0 Å². The Bertz CT molecular complexity index is 368. The second kappa shape index (κ2) is 12.7. The monoisotopic (exact) mass is 336 g/mol. The summed E-state index contributed by atoms with van der Waals surface area (Å²) < 4.78 is 12.9. The minimum Gasteiger partial charge on any atom is -0.394 e. The van der Waals surface area contributed by atoms with Crippen LogP contribution < -0.4 is 0 Å². The Hall–Kier alpha value is -0.643. The first-order chi connectivity index (χ1) is 11.3. The second-order valence-corrected chi connectivity index (χ2v) is 9.69. The molecule has 0 atom stereocenters. The lowest BCUT2D eigenvalue weighted by Gasteiger charge is -2.31. The SMILES string of the molecule is CCCCCO[Si](CCC)(Cc1ccccc1)OCCCCC. The molecule has 1 aromatic rings. The third-order valence-electron chi connectivity index (χ3n) is 4.17. The number of hydrogen-bond acceptors (Lipinski definition) is 2. The van der Waals surface area contributed by atoms with Gasteiger partial charge in [-0.05, 0) is 24.4 Å². The lowest BCUT2D eigenvalue weighted by molar-refractivity contribution is 0.160. The predicted octanol–water partition coefficient (Wildman–Crippen LogP) is 6.03. The fourth-order valence-corrected chi connectivity index (χ4v) is 6.29. The Morgan fingerprint density at radius 2 is 1.30 bits per heavy atom. The van der Waals surface area contributed by atoms with Gasteiger partial charge in [-0.25, -0.2) is 0 Å². The van der Waals surface area contributed by atoms with Crippen LogP contribution in [0, 0.1) is 0 Å². The summed E-state index contributed by atoms with van der Waals surface area (Å²) in [5, 5.41) is 0. The zero-order chi connectivity index (χ0) is 16.8. The van der Waals surface area contributed by atoms with E-state index in [1.807, 2.05) is 0 Å². The fraction of sp³-hybridized carbons (Fsp3) is 0.700. The molecular formula is C20H36O2Si. The predicted molar refractivity (Wildman–Crippen MR) is 102 cm³/mol. The standard InChI is InChI=1S/C20H36O2Si/c1-4-7-12-16-21-23(18-6-3,22-17-13-8-5-2)19-20-14-10-9-11-15-20/h9-11,14-15H,4-8,12-13,16-19H2,1-3H3. The lowest BCUT2D eigenvalue weighted by atomic mass is 10.2. The zero-order valence-corrected chi connectivity index (χ0v) is 16.5. The van der Waals surface area contributed by atoms with E-state index in [-0.39, 0.29) is 0 Å². The van der Waals surface area contributed by atoms with Gasteiger partial charge in [0.1, 0.15) is 0 Å². The van der Waals surface area contributed by atoms with Gasteiger partial charge in [-0.15, -0.1) is 0 Å². The van der Waals surface area contributed by atoms with Gasteiger partial charge in [0.2, 0.25) is 0 Å². The van der Waals surface area contributed by atoms with E-state index in [2.05, 4.69) is 51.1 Å². The molecule has 0 spiro atoms. The topological polar surface area (TPSA) is 18.5 Å². The van der Waals surface area contributed by atoms with Crippen LogP contribution in [0.3, 0.4) is 0 Å². The molecule has 3 heteroatoms. The Labute approximate surface area is 144 Å². The molecule has 0 unspecified atom stereocenters. The first-order valence-electron chi connectivity index (χ1n) is 9.58. The molecule has 1 rings (SSSR count). The number of unbranched alkanes of at least 4 members (excludes halogenated alkanes) is 4. The van der Waals surface area contributed by atoms with Gasteiger partial charge < -0.3 is 8.85 Å². The quantitative estimate of drug-likeness (QED) is 0.305. The normalized spacial score (nSPS) is 11.8. The summed E-state index contributed by atoms with van der Waals surface area (Å²) in [6.07, 6.45) is 8.42. The van der Waals surface area contributed by atoms with E-state index in [4.69, 9.17) is 8.85 Å². The average molecular weight is 337 g/mol. The molecule has 2 nitrogen and oxygen atoms in total. The third-order valence-corrected chi connectivity index (χ3v) is 7.84. The van der Waals surface area contributed by atoms with E-state index < -0.39 is 8.56 Å². The van der Waals surface area contributed by atoms with Crippen molar-refractivity contribution in [3.63, 3.8) is 0 Å². The molecule has 0 N–H and O–H groups in total. The Morgan fingerprint density at radius 1 is 0.739 bits per heavy atom. The smallest absolute Gasteiger partial charge is 0.342 e. The molecule has 132 valence electrons. The maximum atomic E-state index is 6.47. The van der Waals surface area contributed by atoms with E-state index in [0.717, 1.165) is 44.6 Å². The van der Waals surface area contributed by atoms with Crippen molar-refractivity contribution in [1.82, 2.24) is 0 Å². The van der Waals surface area contributed by atoms with Gasteiger partial charge in [0.25, 0.3) is 0 Å². The first kappa shape index (κ1) is 20.4. The summed E-state index contributed by atoms with van der Waals surface area (Å²) in [7, 11) is -2.14. The van der Waals surface area contributed by atoms with Crippen molar-refractivity contribution in [2.24, 2.45) is 0 Å². The summed E-state index contributed by atoms with van der Waals surface area (Å²) in [5.74, 6) is 0. The van der Waals surface area contributed by atoms with Crippen LogP contribution in [-0.4, -0.2) is 21.8 Å². The molecule has 0 aliphatic carbocycles. The largest absolute Gasteiger partial charge is 0.394 e. The van der Waals surface area contributed by atoms with Gasteiger partial charge in [0.05, 0.1) is 0 Å². The average Bonchev–Trinajstić information content (AvgIpc) is 2.57. The number of benzene rings is 1. The molecule has 23 heavy (non-hydrogen) atoms. The van der Waals surface area contributed by atoms with Gasteiger partial charge in [0.15, 0.2) is 0 Å². The highest BCUT2D eigenvalue weighted by Gasteiger charge is 2.36. The van der Waals surface area contributed by atoms with Crippen LogP contribution in [0.2, 0.25) is 6.04 Å². The van der Waals surface area contributed by atoms with E-state index in [1.165, 1.54) is 31.2 Å². The minimum absolute atomic E-state index is 0.862. The van der Waals surface area contributed by atoms with E-state index >= 15 is 0 Å². The molecule has 0 radical (unpaired) electrons. The molecule has 1 aromatic carbocycles. The summed E-state index contributed by atoms with van der Waals surface area (Å²) in [6, 6.07) is 12.8. The highest BCUT2D eigenvalue weighted by molar-refractivity contribution is 6.66. The Balaban J connectivity index is 2.70. The van der Waals surface area contributed by atoms with E-state index in [9.17, 15) is 0 Å². The molecular weight excluding hydrogens is 300 g/mol. The van der Waals surface area contributed by atoms with Crippen molar-refractivity contribution in [2.45, 2.75) is 77.8 Å². The highest BCUT2D eigenvalue weighted by atomic mass is 28.4. The lowest BCUT2D eigenvalue weighted by Crippen LogP contribution is -2.45. The third kappa shape index (κ3) is 8.68. The van der Waals surface area contributed by atoms with Gasteiger partial charge >= 0.3 is 8.56 Å². The summed E-state index contributed by atoms with van der Waals surface area (Å²) in [6.45, 7) is 8.45. The maximum absolute atomic E-state index is 6.47. The highest BCUT2D eigenvalue weighted by Crippen LogP contribution is 2.23. The fourth-order valence-electron chi connectivity index (χ4n) is 2.88. The Morgan fingerprint density at radius 3 is 1.78 bits per heavy atom. The maximum Gasteiger partial charge on any atom is 0.342 e. The molecule has 0 bridgehead atoms. The van der Waals surface area contributed by atoms with Crippen molar-refractivity contribution >= 4 is 8.56 Å². The summed E-state index contributed by atoms with van der Waals surface area (Å²) in [4.78, 5) is 0. The van der Waals surface area contributed by atoms with Crippen LogP contribution in [0.4, 0.5) is 0 Å². The van der Waals surface area contributed by atoms with Crippen LogP contribution in [0.25, 0.3) is 0 Å². The van der Waals surface area contributed by atoms with Gasteiger partial charge in [-0.3, -0.25) is 0 Å². The van der Waals surface area contributed by atoms with Crippen LogP contribution in [-0.2, 0) is 14.9 Å². The van der Waals surface area contributed by atoms with Crippen LogP contribution in [0.5, 0.6) is 0 Å². The van der Waals surface area contributed by atoms with Crippen molar-refractivity contribution in [1.29, 1.82) is 0 Å². The van der Waals surface area contributed by atoms with Crippen LogP contribution in [0.1, 0.15) is 71.3 Å². The zero-order valence-electron chi connectivity index (χ0n) is 15.5. The molecule has 0 saturated carbocycles. The minimum atomic E-state index is -2.14. The van der Waals surface area contributed by atoms with Crippen molar-refractivity contribution in [2.75, 3.05) is 13.2 Å². The van der Waals surface area contributed by atoms with E-state index in [1.54, 1.807) is 0 Å². The summed E-state index contributed by atoms with van der Waals surface area (Å²) in [5.41, 5.74) is 1.36. The number of hydrogen-bond donors (Lipinski definition) is 0. The van der Waals surface area contributed by atoms with Crippen molar-refractivity contribution < 1.29 is 8.85 Å². The summed E-state index contributed by atoms with van der Waals surface area (Å²) >= 11 is 0. The van der Waals surface area contributed by atoms with E-state index in [0.29, 0.717) is 0 Å². The van der Waals surface area contributed by atoms with Gasteiger partial charge in [-0.1, -0.05) is 83.2 Å². The Kier molecular flexibility index (Phi) is 11.3. The molecule has 0 amide bonds. The van der Waals surface area contributed by atoms with Crippen LogP contribution in [0.15, 0.2) is 30.3 Å². The molecule has 0 fully saturated rings. The molecule has 0 aliphatic heterocycles. The number of rotatable bonds is 14. The van der Waals surface area contributed by atoms with Gasteiger partial charge in [0, 0.05) is 19.3 Å². The molecule has 0 aromatic heterocycles. The molecule has 0 aliphatic rings. The van der Waals surface area contributed by atoms with Crippen LogP contribution >= 0.6 is 0 Å². The van der Waals surface area contributed by atoms with Crippen molar-refractivity contribution in [3.05, 3.63) is 35.9 Å². The van der Waals surface area contributed by atoms with Gasteiger partial charge in [-0.2, -0.15) is 0 Å².